The number of thioether (sulfide) groups is 1. The van der Waals surface area contributed by atoms with E-state index in [1.54, 1.807) is 6.07 Å². The van der Waals surface area contributed by atoms with Crippen LogP contribution in [0.15, 0.2) is 41.5 Å². The lowest BCUT2D eigenvalue weighted by Gasteiger charge is -2.35. The van der Waals surface area contributed by atoms with Gasteiger partial charge in [0.2, 0.25) is 11.8 Å². The molecule has 3 aromatic rings. The van der Waals surface area contributed by atoms with E-state index in [4.69, 9.17) is 20.7 Å². The van der Waals surface area contributed by atoms with Gasteiger partial charge in [-0.15, -0.1) is 0 Å². The molecular weight excluding hydrogens is 515 g/mol. The van der Waals surface area contributed by atoms with Crippen LogP contribution in [0, 0.1) is 35.8 Å². The zero-order valence-electron chi connectivity index (χ0n) is 20.5. The lowest BCUT2D eigenvalue weighted by molar-refractivity contribution is 0.364. The molecule has 2 atom stereocenters. The number of nitrogens with zero attached hydrogens (tertiary/aromatic N) is 6. The molecule has 2 N–H and O–H groups in total. The van der Waals surface area contributed by atoms with Gasteiger partial charge in [0.25, 0.3) is 5.88 Å². The van der Waals surface area contributed by atoms with Crippen molar-refractivity contribution in [2.24, 2.45) is 16.6 Å². The van der Waals surface area contributed by atoms with Crippen molar-refractivity contribution in [2.75, 3.05) is 30.9 Å². The third kappa shape index (κ3) is 4.54. The third-order valence-electron chi connectivity index (χ3n) is 6.63. The second kappa shape index (κ2) is 9.98. The van der Waals surface area contributed by atoms with Crippen LogP contribution in [0.3, 0.4) is 0 Å². The third-order valence-corrected chi connectivity index (χ3v) is 7.58. The van der Waals surface area contributed by atoms with Gasteiger partial charge in [0.05, 0.1) is 30.6 Å². The van der Waals surface area contributed by atoms with Crippen LogP contribution in [0.25, 0.3) is 11.9 Å². The van der Waals surface area contributed by atoms with Crippen LogP contribution in [0.2, 0.25) is 0 Å². The number of rotatable bonds is 5. The predicted octanol–water partition coefficient (Wildman–Crippen LogP) is 4.20. The number of hydrogen-bond donors (Lipinski definition) is 1. The van der Waals surface area contributed by atoms with Gasteiger partial charge in [0.1, 0.15) is 23.3 Å². The topological polar surface area (TPSA) is 113 Å². The number of nitrogens with two attached hydrogens (primary N) is 1. The molecule has 2 aromatic heterocycles. The van der Waals surface area contributed by atoms with Gasteiger partial charge in [0.15, 0.2) is 5.17 Å². The Morgan fingerprint density at radius 2 is 2.11 bits per heavy atom. The summed E-state index contributed by atoms with van der Waals surface area (Å²) in [7, 11) is 1.32. The molecule has 5 rings (SSSR count). The minimum Gasteiger partial charge on any atom is -0.479 e. The molecule has 194 valence electrons. The number of ether oxygens (including phenoxy) is 1. The zero-order chi connectivity index (χ0) is 27.0. The molecule has 1 fully saturated rings. The Kier molecular flexibility index (Phi) is 6.71. The van der Waals surface area contributed by atoms with Crippen molar-refractivity contribution in [3.8, 4) is 11.9 Å². The highest BCUT2D eigenvalue weighted by atomic mass is 32.2. The second-order valence-corrected chi connectivity index (χ2v) is 10.0. The van der Waals surface area contributed by atoms with E-state index in [1.807, 2.05) is 11.0 Å². The Balaban J connectivity index is 1.55. The number of hydrogen-bond acceptors (Lipinski definition) is 9. The van der Waals surface area contributed by atoms with Gasteiger partial charge in [-0.3, -0.25) is 4.98 Å². The molecule has 1 saturated heterocycles. The van der Waals surface area contributed by atoms with Gasteiger partial charge in [-0.25, -0.2) is 18.8 Å². The van der Waals surface area contributed by atoms with Crippen LogP contribution in [0.4, 0.5) is 19.1 Å². The van der Waals surface area contributed by atoms with Gasteiger partial charge in [-0.2, -0.15) is 14.6 Å². The van der Waals surface area contributed by atoms with Crippen molar-refractivity contribution in [2.45, 2.75) is 12.5 Å². The molecule has 1 aromatic carbocycles. The van der Waals surface area contributed by atoms with Gasteiger partial charge < -0.3 is 15.4 Å². The number of fused-ring (bicyclic) bond motifs is 1. The van der Waals surface area contributed by atoms with Crippen molar-refractivity contribution in [1.82, 2.24) is 15.0 Å². The summed E-state index contributed by atoms with van der Waals surface area (Å²) >= 11 is 1.37. The highest BCUT2D eigenvalue weighted by Gasteiger charge is 2.52. The van der Waals surface area contributed by atoms with E-state index in [9.17, 15) is 8.78 Å². The number of aryl methyl sites for hydroxylation is 1. The monoisotopic (exact) mass is 537 g/mol. The standard InChI is InChI=1S/C26H22F3N7OS/c1-14-22(29)23(37-2)34-25(33-14)36-11-17-12-38-24(31)35-26(17,13-36)18-7-15(3-5-19(18)27)8-20(28)21-6-4-16(9-30)10-32-21/h3-8,10,17H,11-13H2,1-2H3,(H2,31,35)/b20-8-/t17-,26-/m0/s1. The van der Waals surface area contributed by atoms with Crippen LogP contribution in [0.1, 0.15) is 28.1 Å². The fourth-order valence-electron chi connectivity index (χ4n) is 4.73. The molecule has 8 nitrogen and oxygen atoms in total. The number of aliphatic imine (C=N–C) groups is 1. The molecule has 0 amide bonds. The minimum atomic E-state index is -1.09. The molecule has 12 heteroatoms. The van der Waals surface area contributed by atoms with Crippen molar-refractivity contribution in [1.29, 1.82) is 5.26 Å². The maximum absolute atomic E-state index is 15.4. The van der Waals surface area contributed by atoms with E-state index in [-0.39, 0.29) is 41.2 Å². The van der Waals surface area contributed by atoms with Crippen LogP contribution in [-0.2, 0) is 5.54 Å². The second-order valence-electron chi connectivity index (χ2n) is 8.97. The summed E-state index contributed by atoms with van der Waals surface area (Å²) in [5, 5.41) is 9.24. The van der Waals surface area contributed by atoms with E-state index in [0.717, 1.165) is 0 Å². The Labute approximate surface area is 221 Å². The number of anilines is 1. The lowest BCUT2D eigenvalue weighted by Crippen LogP contribution is -2.40. The first-order valence-corrected chi connectivity index (χ1v) is 12.6. The fourth-order valence-corrected chi connectivity index (χ4v) is 5.71. The number of benzene rings is 1. The average Bonchev–Trinajstić information content (AvgIpc) is 3.31. The molecule has 2 aliphatic rings. The van der Waals surface area contributed by atoms with Crippen molar-refractivity contribution >= 4 is 34.8 Å². The largest absolute Gasteiger partial charge is 0.479 e. The summed E-state index contributed by atoms with van der Waals surface area (Å²) in [6.07, 6.45) is 2.53. The Hall–Kier alpha value is -4.11. The first-order valence-electron chi connectivity index (χ1n) is 11.6. The molecule has 4 heterocycles. The van der Waals surface area contributed by atoms with Crippen molar-refractivity contribution in [3.63, 3.8) is 0 Å². The molecule has 0 unspecified atom stereocenters. The minimum absolute atomic E-state index is 0.0482. The highest BCUT2D eigenvalue weighted by Crippen LogP contribution is 2.47. The number of pyridine rings is 1. The van der Waals surface area contributed by atoms with E-state index in [2.05, 4.69) is 15.0 Å². The Bertz CT molecular complexity index is 1510. The molecule has 38 heavy (non-hydrogen) atoms. The van der Waals surface area contributed by atoms with Crippen LogP contribution >= 0.6 is 11.8 Å². The number of methoxy groups -OCH3 is 1. The molecular formula is C26H22F3N7OS. The van der Waals surface area contributed by atoms with Crippen LogP contribution in [0.5, 0.6) is 5.88 Å². The molecule has 0 radical (unpaired) electrons. The number of aromatic nitrogens is 3. The highest BCUT2D eigenvalue weighted by molar-refractivity contribution is 8.13. The first kappa shape index (κ1) is 25.5. The summed E-state index contributed by atoms with van der Waals surface area (Å²) in [4.78, 5) is 19.0. The summed E-state index contributed by atoms with van der Waals surface area (Å²) in [5.41, 5.74) is 6.17. The fraction of sp³-hybridized carbons (Fsp3) is 0.269. The zero-order valence-corrected chi connectivity index (χ0v) is 21.3. The average molecular weight is 538 g/mol. The normalized spacial score (nSPS) is 21.1. The number of nitriles is 1. The SMILES string of the molecule is COc1nc(N2C[C@H]3CSC(N)=N[C@@]3(c3cc(/C=C(\F)c4ccc(C#N)cn4)ccc3F)C2)nc(C)c1F. The summed E-state index contributed by atoms with van der Waals surface area (Å²) in [6, 6.07) is 9.09. The smallest absolute Gasteiger partial charge is 0.255 e. The van der Waals surface area contributed by atoms with Gasteiger partial charge in [0, 0.05) is 30.0 Å². The van der Waals surface area contributed by atoms with Gasteiger partial charge in [-0.1, -0.05) is 17.8 Å². The molecule has 2 aliphatic heterocycles. The maximum Gasteiger partial charge on any atom is 0.255 e. The quantitative estimate of drug-likeness (QED) is 0.515. The summed E-state index contributed by atoms with van der Waals surface area (Å²) in [6.45, 7) is 2.11. The predicted molar refractivity (Wildman–Crippen MR) is 139 cm³/mol. The van der Waals surface area contributed by atoms with Crippen LogP contribution in [-0.4, -0.2) is 46.1 Å². The van der Waals surface area contributed by atoms with Gasteiger partial charge >= 0.3 is 0 Å². The van der Waals surface area contributed by atoms with E-state index in [1.165, 1.54) is 62.3 Å². The van der Waals surface area contributed by atoms with Crippen molar-refractivity contribution in [3.05, 3.63) is 76.2 Å². The van der Waals surface area contributed by atoms with Gasteiger partial charge in [-0.05, 0) is 42.8 Å². The molecule has 0 saturated carbocycles. The summed E-state index contributed by atoms with van der Waals surface area (Å²) < 4.78 is 49.8. The molecule has 0 aliphatic carbocycles. The van der Waals surface area contributed by atoms with E-state index < -0.39 is 23.0 Å². The molecule has 0 spiro atoms. The lowest BCUT2D eigenvalue weighted by atomic mass is 9.81. The van der Waals surface area contributed by atoms with Crippen molar-refractivity contribution < 1.29 is 17.9 Å². The first-order chi connectivity index (χ1) is 18.2. The Morgan fingerprint density at radius 3 is 2.82 bits per heavy atom. The van der Waals surface area contributed by atoms with Crippen LogP contribution < -0.4 is 15.4 Å². The maximum atomic E-state index is 15.4. The summed E-state index contributed by atoms with van der Waals surface area (Å²) in [5.74, 6) is -1.36. The number of amidine groups is 1. The van der Waals surface area contributed by atoms with E-state index >= 15 is 4.39 Å². The Morgan fingerprint density at radius 1 is 1.29 bits per heavy atom. The van der Waals surface area contributed by atoms with E-state index in [0.29, 0.717) is 28.6 Å². The molecule has 0 bridgehead atoms. The number of halogens is 3.